The minimum atomic E-state index is -1.09. The van der Waals surface area contributed by atoms with E-state index < -0.39 is 11.6 Å². The highest BCUT2D eigenvalue weighted by Gasteiger charge is 2.49. The summed E-state index contributed by atoms with van der Waals surface area (Å²) in [6, 6.07) is 7.72. The molecule has 0 saturated heterocycles. The van der Waals surface area contributed by atoms with Crippen molar-refractivity contribution in [1.82, 2.24) is 0 Å². The Morgan fingerprint density at radius 3 is 2.61 bits per heavy atom. The lowest BCUT2D eigenvalue weighted by Crippen LogP contribution is -2.43. The maximum absolute atomic E-state index is 11.4. The first-order valence-corrected chi connectivity index (χ1v) is 6.46. The molecule has 0 radical (unpaired) electrons. The Morgan fingerprint density at radius 2 is 2.11 bits per heavy atom. The standard InChI is InChI=1S/C15H20O3/c1-10(2)11-5-4-6-13(9-11)18-15(3,14(16)17)12-7-8-12/h4-6,9-10,12H,7-8H2,1-3H3,(H,16,17). The summed E-state index contributed by atoms with van der Waals surface area (Å²) in [5.41, 5.74) is 0.0753. The van der Waals surface area contributed by atoms with Crippen molar-refractivity contribution < 1.29 is 14.6 Å². The number of carbonyl (C=O) groups is 1. The van der Waals surface area contributed by atoms with Gasteiger partial charge in [-0.05, 0) is 43.4 Å². The van der Waals surface area contributed by atoms with Crippen LogP contribution in [0.4, 0.5) is 0 Å². The van der Waals surface area contributed by atoms with Crippen molar-refractivity contribution in [3.05, 3.63) is 29.8 Å². The van der Waals surface area contributed by atoms with Gasteiger partial charge in [-0.15, -0.1) is 0 Å². The molecule has 0 aliphatic heterocycles. The first-order valence-electron chi connectivity index (χ1n) is 6.46. The van der Waals surface area contributed by atoms with Gasteiger partial charge in [0, 0.05) is 5.92 Å². The Kier molecular flexibility index (Phi) is 3.33. The highest BCUT2D eigenvalue weighted by Crippen LogP contribution is 2.42. The van der Waals surface area contributed by atoms with Gasteiger partial charge in [-0.3, -0.25) is 0 Å². The van der Waals surface area contributed by atoms with Crippen LogP contribution < -0.4 is 4.74 Å². The lowest BCUT2D eigenvalue weighted by Gasteiger charge is -2.26. The van der Waals surface area contributed by atoms with Crippen molar-refractivity contribution >= 4 is 5.97 Å². The zero-order chi connectivity index (χ0) is 13.3. The molecule has 1 aliphatic rings. The highest BCUT2D eigenvalue weighted by molar-refractivity contribution is 5.78. The lowest BCUT2D eigenvalue weighted by molar-refractivity contribution is -0.155. The average molecular weight is 248 g/mol. The lowest BCUT2D eigenvalue weighted by atomic mass is 10.00. The molecule has 1 aliphatic carbocycles. The van der Waals surface area contributed by atoms with Crippen molar-refractivity contribution in [3.63, 3.8) is 0 Å². The van der Waals surface area contributed by atoms with Gasteiger partial charge in [-0.1, -0.05) is 26.0 Å². The summed E-state index contributed by atoms with van der Waals surface area (Å²) in [7, 11) is 0. The SMILES string of the molecule is CC(C)c1cccc(OC(C)(C(=O)O)C2CC2)c1. The molecule has 2 rings (SSSR count). The Hall–Kier alpha value is -1.51. The second kappa shape index (κ2) is 4.63. The molecule has 98 valence electrons. The Labute approximate surface area is 108 Å². The molecule has 1 aromatic carbocycles. The molecule has 1 aromatic rings. The van der Waals surface area contributed by atoms with Crippen LogP contribution in [-0.4, -0.2) is 16.7 Å². The van der Waals surface area contributed by atoms with Crippen LogP contribution in [0.3, 0.4) is 0 Å². The van der Waals surface area contributed by atoms with Gasteiger partial charge in [-0.2, -0.15) is 0 Å². The van der Waals surface area contributed by atoms with Crippen LogP contribution in [0.1, 0.15) is 45.1 Å². The number of hydrogen-bond acceptors (Lipinski definition) is 2. The number of carboxylic acids is 1. The van der Waals surface area contributed by atoms with Crippen molar-refractivity contribution in [3.8, 4) is 5.75 Å². The fourth-order valence-corrected chi connectivity index (χ4v) is 2.12. The van der Waals surface area contributed by atoms with Gasteiger partial charge in [0.15, 0.2) is 0 Å². The number of ether oxygens (including phenoxy) is 1. The Balaban J connectivity index is 2.21. The first kappa shape index (κ1) is 12.9. The zero-order valence-corrected chi connectivity index (χ0v) is 11.1. The third-order valence-electron chi connectivity index (χ3n) is 3.64. The van der Waals surface area contributed by atoms with E-state index in [0.717, 1.165) is 18.4 Å². The summed E-state index contributed by atoms with van der Waals surface area (Å²) in [6.45, 7) is 5.89. The van der Waals surface area contributed by atoms with Crippen molar-refractivity contribution in [2.75, 3.05) is 0 Å². The Morgan fingerprint density at radius 1 is 1.44 bits per heavy atom. The van der Waals surface area contributed by atoms with E-state index in [-0.39, 0.29) is 5.92 Å². The fourth-order valence-electron chi connectivity index (χ4n) is 2.12. The molecule has 3 heteroatoms. The molecule has 1 N–H and O–H groups in total. The van der Waals surface area contributed by atoms with Gasteiger partial charge >= 0.3 is 5.97 Å². The smallest absolute Gasteiger partial charge is 0.348 e. The molecular formula is C15H20O3. The maximum atomic E-state index is 11.4. The Bertz CT molecular complexity index is 449. The van der Waals surface area contributed by atoms with E-state index in [1.165, 1.54) is 0 Å². The summed E-state index contributed by atoms with van der Waals surface area (Å²) in [5, 5.41) is 9.36. The van der Waals surface area contributed by atoms with Crippen LogP contribution in [0, 0.1) is 5.92 Å². The molecule has 0 bridgehead atoms. The van der Waals surface area contributed by atoms with Crippen LogP contribution in [0.25, 0.3) is 0 Å². The van der Waals surface area contributed by atoms with Gasteiger partial charge in [0.1, 0.15) is 5.75 Å². The molecule has 0 heterocycles. The number of carboxylic acid groups (broad SMARTS) is 1. The van der Waals surface area contributed by atoms with E-state index in [1.807, 2.05) is 24.3 Å². The minimum Gasteiger partial charge on any atom is -0.478 e. The van der Waals surface area contributed by atoms with Crippen LogP contribution in [0.5, 0.6) is 5.75 Å². The fraction of sp³-hybridized carbons (Fsp3) is 0.533. The van der Waals surface area contributed by atoms with Crippen LogP contribution in [0.2, 0.25) is 0 Å². The molecule has 1 unspecified atom stereocenters. The largest absolute Gasteiger partial charge is 0.478 e. The summed E-state index contributed by atoms with van der Waals surface area (Å²) in [4.78, 5) is 11.4. The van der Waals surface area contributed by atoms with E-state index in [9.17, 15) is 9.90 Å². The predicted molar refractivity (Wildman–Crippen MR) is 69.9 cm³/mol. The number of aliphatic carboxylic acids is 1. The molecule has 18 heavy (non-hydrogen) atoms. The summed E-state index contributed by atoms with van der Waals surface area (Å²) < 4.78 is 5.78. The van der Waals surface area contributed by atoms with E-state index in [0.29, 0.717) is 11.7 Å². The highest BCUT2D eigenvalue weighted by atomic mass is 16.5. The van der Waals surface area contributed by atoms with E-state index in [1.54, 1.807) is 6.92 Å². The van der Waals surface area contributed by atoms with Crippen molar-refractivity contribution in [2.45, 2.75) is 45.1 Å². The molecule has 1 atom stereocenters. The normalized spacial score (nSPS) is 18.4. The summed E-state index contributed by atoms with van der Waals surface area (Å²) in [5.74, 6) is 0.321. The van der Waals surface area contributed by atoms with Gasteiger partial charge in [0.2, 0.25) is 5.60 Å². The quantitative estimate of drug-likeness (QED) is 0.868. The van der Waals surface area contributed by atoms with E-state index in [4.69, 9.17) is 4.74 Å². The number of benzene rings is 1. The van der Waals surface area contributed by atoms with E-state index >= 15 is 0 Å². The minimum absolute atomic E-state index is 0.137. The van der Waals surface area contributed by atoms with Gasteiger partial charge in [-0.25, -0.2) is 4.79 Å². The van der Waals surface area contributed by atoms with Crippen LogP contribution in [-0.2, 0) is 4.79 Å². The van der Waals surface area contributed by atoms with Crippen molar-refractivity contribution in [2.24, 2.45) is 5.92 Å². The summed E-state index contributed by atoms with van der Waals surface area (Å²) >= 11 is 0. The van der Waals surface area contributed by atoms with Crippen LogP contribution in [0.15, 0.2) is 24.3 Å². The first-order chi connectivity index (χ1) is 8.43. The second-order valence-electron chi connectivity index (χ2n) is 5.52. The second-order valence-corrected chi connectivity index (χ2v) is 5.52. The molecule has 0 spiro atoms. The number of hydrogen-bond donors (Lipinski definition) is 1. The monoisotopic (exact) mass is 248 g/mol. The van der Waals surface area contributed by atoms with Gasteiger partial charge < -0.3 is 9.84 Å². The van der Waals surface area contributed by atoms with Crippen LogP contribution >= 0.6 is 0 Å². The molecule has 1 saturated carbocycles. The molecule has 1 fully saturated rings. The number of rotatable bonds is 5. The topological polar surface area (TPSA) is 46.5 Å². The van der Waals surface area contributed by atoms with Gasteiger partial charge in [0.05, 0.1) is 0 Å². The average Bonchev–Trinajstić information content (AvgIpc) is 3.13. The zero-order valence-electron chi connectivity index (χ0n) is 11.1. The maximum Gasteiger partial charge on any atom is 0.348 e. The van der Waals surface area contributed by atoms with E-state index in [2.05, 4.69) is 13.8 Å². The summed E-state index contributed by atoms with van der Waals surface area (Å²) in [6.07, 6.45) is 1.87. The predicted octanol–water partition coefficient (Wildman–Crippen LogP) is 3.44. The third-order valence-corrected chi connectivity index (χ3v) is 3.64. The van der Waals surface area contributed by atoms with Gasteiger partial charge in [0.25, 0.3) is 0 Å². The molecule has 0 aromatic heterocycles. The molecule has 3 nitrogen and oxygen atoms in total. The third kappa shape index (κ3) is 2.50. The molecule has 0 amide bonds. The molecular weight excluding hydrogens is 228 g/mol. The van der Waals surface area contributed by atoms with Crippen molar-refractivity contribution in [1.29, 1.82) is 0 Å².